The summed E-state index contributed by atoms with van der Waals surface area (Å²) in [4.78, 5) is 23.5. The number of nitrogens with one attached hydrogen (secondary N) is 1. The van der Waals surface area contributed by atoms with Crippen molar-refractivity contribution in [1.82, 2.24) is 9.46 Å². The summed E-state index contributed by atoms with van der Waals surface area (Å²) in [5, 5.41) is 6.53. The number of carbonyl (C=O) groups excluding carboxylic acids is 2. The van der Waals surface area contributed by atoms with Crippen LogP contribution < -0.4 is 10.1 Å². The minimum absolute atomic E-state index is 0.0302. The SMILES string of the molecule is CCOC(=O)C1CCN(S(=O)(=O)c2cc(/C=C\c3onc(C)c3NC(C)=O)ccc2OC)CC1. The standard InChI is InChI=1S/C23H29N3O7S/c1-5-32-23(28)18-10-12-26(13-11-18)34(29,30)21-14-17(6-8-19(21)31-4)7-9-20-22(24-16(3)27)15(2)25-33-20/h6-9,14,18H,5,10-13H2,1-4H3,(H,24,27)/b9-7-. The van der Waals surface area contributed by atoms with Gasteiger partial charge in [0.05, 0.1) is 19.6 Å². The Morgan fingerprint density at radius 2 is 1.97 bits per heavy atom. The Balaban J connectivity index is 1.84. The highest BCUT2D eigenvalue weighted by Crippen LogP contribution is 2.32. The van der Waals surface area contributed by atoms with Crippen molar-refractivity contribution in [2.24, 2.45) is 5.92 Å². The van der Waals surface area contributed by atoms with E-state index in [0.29, 0.717) is 42.2 Å². The summed E-state index contributed by atoms with van der Waals surface area (Å²) < 4.78 is 43.8. The number of piperidine rings is 1. The van der Waals surface area contributed by atoms with E-state index in [1.165, 1.54) is 24.4 Å². The molecular formula is C23H29N3O7S. The number of nitrogens with zero attached hydrogens (tertiary/aromatic N) is 2. The normalized spacial score (nSPS) is 15.4. The van der Waals surface area contributed by atoms with E-state index in [9.17, 15) is 18.0 Å². The maximum atomic E-state index is 13.4. The maximum Gasteiger partial charge on any atom is 0.309 e. The molecule has 0 bridgehead atoms. The zero-order chi connectivity index (χ0) is 24.9. The molecule has 0 radical (unpaired) electrons. The Labute approximate surface area is 198 Å². The molecule has 2 heterocycles. The fourth-order valence-electron chi connectivity index (χ4n) is 3.73. The van der Waals surface area contributed by atoms with Gasteiger partial charge in [0.2, 0.25) is 15.9 Å². The number of methoxy groups -OCH3 is 1. The molecule has 184 valence electrons. The summed E-state index contributed by atoms with van der Waals surface area (Å²) in [5.74, 6) is -0.283. The predicted molar refractivity (Wildman–Crippen MR) is 126 cm³/mol. The predicted octanol–water partition coefficient (Wildman–Crippen LogP) is 3.08. The average Bonchev–Trinajstić information content (AvgIpc) is 3.16. The number of carbonyl (C=O) groups is 2. The number of ether oxygens (including phenoxy) is 2. The summed E-state index contributed by atoms with van der Waals surface area (Å²) in [6.45, 7) is 5.56. The average molecular weight is 492 g/mol. The van der Waals surface area contributed by atoms with Gasteiger partial charge in [0.1, 0.15) is 22.0 Å². The minimum Gasteiger partial charge on any atom is -0.495 e. The van der Waals surface area contributed by atoms with Crippen LogP contribution in [0.1, 0.15) is 43.7 Å². The molecule has 1 aromatic heterocycles. The number of hydrogen-bond donors (Lipinski definition) is 1. The number of benzene rings is 1. The molecule has 0 atom stereocenters. The molecule has 1 aliphatic rings. The summed E-state index contributed by atoms with van der Waals surface area (Å²) >= 11 is 0. The van der Waals surface area contributed by atoms with Gasteiger partial charge in [-0.15, -0.1) is 0 Å². The smallest absolute Gasteiger partial charge is 0.309 e. The molecule has 0 unspecified atom stereocenters. The molecule has 0 spiro atoms. The van der Waals surface area contributed by atoms with Crippen LogP contribution in [0.15, 0.2) is 27.6 Å². The Bertz CT molecular complexity index is 1180. The summed E-state index contributed by atoms with van der Waals surface area (Å²) in [7, 11) is -2.45. The van der Waals surface area contributed by atoms with E-state index < -0.39 is 10.0 Å². The maximum absolute atomic E-state index is 13.4. The number of sulfonamides is 1. The molecule has 0 aliphatic carbocycles. The fourth-order valence-corrected chi connectivity index (χ4v) is 5.39. The molecule has 1 saturated heterocycles. The summed E-state index contributed by atoms with van der Waals surface area (Å²) in [6, 6.07) is 4.81. The van der Waals surface area contributed by atoms with Crippen LogP contribution >= 0.6 is 0 Å². The van der Waals surface area contributed by atoms with Crippen molar-refractivity contribution in [3.8, 4) is 5.75 Å². The molecule has 1 aliphatic heterocycles. The third-order valence-corrected chi connectivity index (χ3v) is 7.42. The van der Waals surface area contributed by atoms with Gasteiger partial charge in [-0.1, -0.05) is 17.3 Å². The molecule has 10 nitrogen and oxygen atoms in total. The fraction of sp³-hybridized carbons (Fsp3) is 0.435. The van der Waals surface area contributed by atoms with E-state index in [1.807, 2.05) is 0 Å². The molecule has 1 N–H and O–H groups in total. The van der Waals surface area contributed by atoms with Gasteiger partial charge < -0.3 is 19.3 Å². The Morgan fingerprint density at radius 1 is 1.26 bits per heavy atom. The number of anilines is 1. The third kappa shape index (κ3) is 5.65. The minimum atomic E-state index is -3.86. The molecule has 34 heavy (non-hydrogen) atoms. The topological polar surface area (TPSA) is 128 Å². The molecule has 0 saturated carbocycles. The first kappa shape index (κ1) is 25.4. The second kappa shape index (κ2) is 10.8. The van der Waals surface area contributed by atoms with Crippen LogP contribution in [0, 0.1) is 12.8 Å². The van der Waals surface area contributed by atoms with E-state index in [0.717, 1.165) is 0 Å². The number of aromatic nitrogens is 1. The van der Waals surface area contributed by atoms with Crippen LogP contribution in [-0.2, 0) is 24.3 Å². The molecule has 1 aromatic carbocycles. The van der Waals surface area contributed by atoms with Gasteiger partial charge in [0.15, 0.2) is 5.76 Å². The van der Waals surface area contributed by atoms with Crippen molar-refractivity contribution < 1.29 is 32.0 Å². The van der Waals surface area contributed by atoms with Crippen LogP contribution in [0.4, 0.5) is 5.69 Å². The van der Waals surface area contributed by atoms with Gasteiger partial charge >= 0.3 is 5.97 Å². The monoisotopic (exact) mass is 491 g/mol. The first-order chi connectivity index (χ1) is 16.2. The number of esters is 1. The zero-order valence-corrected chi connectivity index (χ0v) is 20.5. The van der Waals surface area contributed by atoms with Gasteiger partial charge in [-0.2, -0.15) is 4.31 Å². The van der Waals surface area contributed by atoms with Crippen LogP contribution in [0.3, 0.4) is 0 Å². The molecule has 1 fully saturated rings. The Morgan fingerprint density at radius 3 is 2.59 bits per heavy atom. The zero-order valence-electron chi connectivity index (χ0n) is 19.7. The number of amides is 1. The highest BCUT2D eigenvalue weighted by Gasteiger charge is 2.34. The number of rotatable bonds is 8. The van der Waals surface area contributed by atoms with E-state index >= 15 is 0 Å². The first-order valence-corrected chi connectivity index (χ1v) is 12.4. The highest BCUT2D eigenvalue weighted by atomic mass is 32.2. The molecular weight excluding hydrogens is 462 g/mol. The first-order valence-electron chi connectivity index (χ1n) is 10.9. The lowest BCUT2D eigenvalue weighted by Gasteiger charge is -2.30. The lowest BCUT2D eigenvalue weighted by Crippen LogP contribution is -2.40. The third-order valence-electron chi connectivity index (χ3n) is 5.50. The van der Waals surface area contributed by atoms with Crippen molar-refractivity contribution in [3.63, 3.8) is 0 Å². The Hall–Kier alpha value is -3.18. The van der Waals surface area contributed by atoms with E-state index in [-0.39, 0.29) is 41.5 Å². The van der Waals surface area contributed by atoms with Crippen molar-refractivity contribution in [3.05, 3.63) is 35.2 Å². The van der Waals surface area contributed by atoms with Gasteiger partial charge in [0.25, 0.3) is 0 Å². The van der Waals surface area contributed by atoms with Gasteiger partial charge in [-0.3, -0.25) is 9.59 Å². The number of aryl methyl sites for hydroxylation is 1. The second-order valence-corrected chi connectivity index (χ2v) is 9.77. The van der Waals surface area contributed by atoms with Crippen LogP contribution in [0.2, 0.25) is 0 Å². The van der Waals surface area contributed by atoms with Crippen molar-refractivity contribution in [1.29, 1.82) is 0 Å². The quantitative estimate of drug-likeness (QED) is 0.558. The highest BCUT2D eigenvalue weighted by molar-refractivity contribution is 7.89. The van der Waals surface area contributed by atoms with Gasteiger partial charge in [-0.05, 0) is 50.5 Å². The molecule has 2 aromatic rings. The molecule has 1 amide bonds. The molecule has 3 rings (SSSR count). The largest absolute Gasteiger partial charge is 0.495 e. The van der Waals surface area contributed by atoms with Crippen LogP contribution in [0.25, 0.3) is 12.2 Å². The van der Waals surface area contributed by atoms with Crippen molar-refractivity contribution in [2.45, 2.75) is 38.5 Å². The van der Waals surface area contributed by atoms with Crippen molar-refractivity contribution >= 4 is 39.7 Å². The van der Waals surface area contributed by atoms with Crippen molar-refractivity contribution in [2.75, 3.05) is 32.1 Å². The lowest BCUT2D eigenvalue weighted by molar-refractivity contribution is -0.149. The Kier molecular flexibility index (Phi) is 8.11. The second-order valence-electron chi connectivity index (χ2n) is 7.86. The van der Waals surface area contributed by atoms with E-state index in [2.05, 4.69) is 10.5 Å². The van der Waals surface area contributed by atoms with E-state index in [4.69, 9.17) is 14.0 Å². The van der Waals surface area contributed by atoms with Gasteiger partial charge in [0, 0.05) is 20.0 Å². The van der Waals surface area contributed by atoms with Crippen LogP contribution in [-0.4, -0.2) is 56.6 Å². The van der Waals surface area contributed by atoms with E-state index in [1.54, 1.807) is 38.1 Å². The number of hydrogen-bond acceptors (Lipinski definition) is 8. The van der Waals surface area contributed by atoms with Gasteiger partial charge in [-0.25, -0.2) is 8.42 Å². The summed E-state index contributed by atoms with van der Waals surface area (Å²) in [6.07, 6.45) is 4.07. The molecule has 11 heteroatoms. The van der Waals surface area contributed by atoms with Crippen LogP contribution in [0.5, 0.6) is 5.75 Å². The lowest BCUT2D eigenvalue weighted by atomic mass is 9.98. The summed E-state index contributed by atoms with van der Waals surface area (Å²) in [5.41, 5.74) is 1.57.